The Labute approximate surface area is 146 Å². The first-order valence-corrected chi connectivity index (χ1v) is 8.25. The summed E-state index contributed by atoms with van der Waals surface area (Å²) in [6, 6.07) is 17.8. The van der Waals surface area contributed by atoms with Crippen LogP contribution >= 0.6 is 11.6 Å². The van der Waals surface area contributed by atoms with Crippen LogP contribution in [0, 0.1) is 6.92 Å². The number of anilines is 3. The first-order valence-electron chi connectivity index (χ1n) is 7.87. The highest BCUT2D eigenvalue weighted by atomic mass is 35.5. The summed E-state index contributed by atoms with van der Waals surface area (Å²) in [5, 5.41) is 7.12. The van der Waals surface area contributed by atoms with E-state index < -0.39 is 0 Å². The summed E-state index contributed by atoms with van der Waals surface area (Å²) < 4.78 is 0. The van der Waals surface area contributed by atoms with E-state index in [-0.39, 0.29) is 0 Å². The van der Waals surface area contributed by atoms with Crippen LogP contribution in [0.5, 0.6) is 0 Å². The third-order valence-corrected chi connectivity index (χ3v) is 3.83. The summed E-state index contributed by atoms with van der Waals surface area (Å²) in [7, 11) is 0. The van der Waals surface area contributed by atoms with Gasteiger partial charge < -0.3 is 10.6 Å². The Kier molecular flexibility index (Phi) is 4.96. The van der Waals surface area contributed by atoms with Crippen molar-refractivity contribution in [1.29, 1.82) is 0 Å². The number of hydrogen-bond acceptors (Lipinski definition) is 4. The summed E-state index contributed by atoms with van der Waals surface area (Å²) in [6.07, 6.45) is 0. The Balaban J connectivity index is 1.99. The molecule has 0 fully saturated rings. The number of aryl methyl sites for hydroxylation is 1. The van der Waals surface area contributed by atoms with Gasteiger partial charge in [0.15, 0.2) is 0 Å². The lowest BCUT2D eigenvalue weighted by Crippen LogP contribution is -2.05. The molecule has 0 amide bonds. The molecule has 0 saturated carbocycles. The summed E-state index contributed by atoms with van der Waals surface area (Å²) >= 11 is 6.32. The second-order valence-electron chi connectivity index (χ2n) is 5.47. The van der Waals surface area contributed by atoms with Gasteiger partial charge in [-0.1, -0.05) is 48.0 Å². The zero-order valence-electron chi connectivity index (χ0n) is 13.7. The summed E-state index contributed by atoms with van der Waals surface area (Å²) in [6.45, 7) is 4.78. The van der Waals surface area contributed by atoms with E-state index in [1.54, 1.807) is 0 Å². The molecule has 122 valence electrons. The molecule has 0 unspecified atom stereocenters. The fourth-order valence-electron chi connectivity index (χ4n) is 2.36. The van der Waals surface area contributed by atoms with Crippen LogP contribution in [0.2, 0.25) is 5.02 Å². The quantitative estimate of drug-likeness (QED) is 0.664. The Morgan fingerprint density at radius 2 is 1.79 bits per heavy atom. The van der Waals surface area contributed by atoms with Crippen molar-refractivity contribution in [2.45, 2.75) is 13.8 Å². The zero-order chi connectivity index (χ0) is 16.9. The number of aromatic nitrogens is 2. The Bertz CT molecular complexity index is 834. The minimum atomic E-state index is 0.588. The number of hydrogen-bond donors (Lipinski definition) is 2. The normalized spacial score (nSPS) is 10.5. The molecule has 0 radical (unpaired) electrons. The highest BCUT2D eigenvalue weighted by Gasteiger charge is 2.08. The van der Waals surface area contributed by atoms with E-state index in [9.17, 15) is 0 Å². The molecule has 1 heterocycles. The molecule has 3 rings (SSSR count). The Morgan fingerprint density at radius 3 is 2.50 bits per heavy atom. The Morgan fingerprint density at radius 1 is 1.00 bits per heavy atom. The van der Waals surface area contributed by atoms with E-state index in [0.29, 0.717) is 16.8 Å². The van der Waals surface area contributed by atoms with Gasteiger partial charge in [0.1, 0.15) is 5.82 Å². The molecule has 0 bridgehead atoms. The number of nitrogens with one attached hydrogen (secondary N) is 2. The molecule has 3 aromatic rings. The summed E-state index contributed by atoms with van der Waals surface area (Å²) in [4.78, 5) is 9.09. The molecule has 2 N–H and O–H groups in total. The molecule has 2 aromatic carbocycles. The molecule has 0 spiro atoms. The number of rotatable bonds is 5. The minimum Gasteiger partial charge on any atom is -0.354 e. The smallest absolute Gasteiger partial charge is 0.225 e. The molecular weight excluding hydrogens is 320 g/mol. The van der Waals surface area contributed by atoms with E-state index >= 15 is 0 Å². The van der Waals surface area contributed by atoms with E-state index in [0.717, 1.165) is 29.1 Å². The molecule has 0 aliphatic carbocycles. The van der Waals surface area contributed by atoms with Crippen LogP contribution in [0.3, 0.4) is 0 Å². The van der Waals surface area contributed by atoms with Gasteiger partial charge in [-0.25, -0.2) is 4.98 Å². The maximum absolute atomic E-state index is 6.32. The van der Waals surface area contributed by atoms with Crippen LogP contribution in [0.1, 0.15) is 12.5 Å². The fraction of sp³-hybridized carbons (Fsp3) is 0.158. The third kappa shape index (κ3) is 3.84. The summed E-state index contributed by atoms with van der Waals surface area (Å²) in [5.74, 6) is 1.29. The van der Waals surface area contributed by atoms with Crippen LogP contribution in [0.15, 0.2) is 54.6 Å². The van der Waals surface area contributed by atoms with E-state index in [4.69, 9.17) is 11.6 Å². The second-order valence-corrected chi connectivity index (χ2v) is 5.87. The standard InChI is InChI=1S/C19H19ClN4/c1-3-21-19-23-17(14-7-5-4-6-8-14)12-18(24-19)22-16-10-9-13(2)11-15(16)20/h4-12H,3H2,1-2H3,(H2,21,22,23,24). The first-order chi connectivity index (χ1) is 11.7. The van der Waals surface area contributed by atoms with Crippen LogP contribution in [-0.4, -0.2) is 16.5 Å². The van der Waals surface area contributed by atoms with Gasteiger partial charge in [0.2, 0.25) is 5.95 Å². The highest BCUT2D eigenvalue weighted by molar-refractivity contribution is 6.33. The third-order valence-electron chi connectivity index (χ3n) is 3.52. The topological polar surface area (TPSA) is 49.8 Å². The van der Waals surface area contributed by atoms with Crippen LogP contribution < -0.4 is 10.6 Å². The van der Waals surface area contributed by atoms with Crippen molar-refractivity contribution in [3.63, 3.8) is 0 Å². The van der Waals surface area contributed by atoms with Crippen molar-refractivity contribution in [2.75, 3.05) is 17.2 Å². The molecule has 0 atom stereocenters. The zero-order valence-corrected chi connectivity index (χ0v) is 14.4. The van der Waals surface area contributed by atoms with Gasteiger partial charge in [0, 0.05) is 18.2 Å². The molecule has 0 aliphatic rings. The molecule has 0 aliphatic heterocycles. The predicted octanol–water partition coefficient (Wildman–Crippen LogP) is 5.28. The van der Waals surface area contributed by atoms with Crippen LogP contribution in [0.4, 0.5) is 17.5 Å². The van der Waals surface area contributed by atoms with Crippen LogP contribution in [-0.2, 0) is 0 Å². The van der Waals surface area contributed by atoms with Gasteiger partial charge >= 0.3 is 0 Å². The maximum Gasteiger partial charge on any atom is 0.225 e. The van der Waals surface area contributed by atoms with E-state index in [1.165, 1.54) is 0 Å². The lowest BCUT2D eigenvalue weighted by atomic mass is 10.1. The first kappa shape index (κ1) is 16.3. The van der Waals surface area contributed by atoms with E-state index in [2.05, 4.69) is 20.6 Å². The molecule has 0 saturated heterocycles. The van der Waals surface area contributed by atoms with Gasteiger partial charge in [-0.05, 0) is 31.5 Å². The van der Waals surface area contributed by atoms with Gasteiger partial charge in [-0.15, -0.1) is 0 Å². The average molecular weight is 339 g/mol. The van der Waals surface area contributed by atoms with Crippen molar-refractivity contribution in [3.05, 3.63) is 65.2 Å². The van der Waals surface area contributed by atoms with Gasteiger partial charge in [-0.3, -0.25) is 0 Å². The van der Waals surface area contributed by atoms with Gasteiger partial charge in [0.05, 0.1) is 16.4 Å². The maximum atomic E-state index is 6.32. The van der Waals surface area contributed by atoms with Crippen molar-refractivity contribution >= 4 is 29.1 Å². The van der Waals surface area contributed by atoms with E-state index in [1.807, 2.05) is 68.4 Å². The van der Waals surface area contributed by atoms with Gasteiger partial charge in [-0.2, -0.15) is 4.98 Å². The van der Waals surface area contributed by atoms with Crippen molar-refractivity contribution < 1.29 is 0 Å². The lowest BCUT2D eigenvalue weighted by molar-refractivity contribution is 1.09. The van der Waals surface area contributed by atoms with Crippen LogP contribution in [0.25, 0.3) is 11.3 Å². The largest absolute Gasteiger partial charge is 0.354 e. The Hall–Kier alpha value is -2.59. The number of benzene rings is 2. The monoisotopic (exact) mass is 338 g/mol. The molecule has 24 heavy (non-hydrogen) atoms. The molecule has 4 nitrogen and oxygen atoms in total. The SMILES string of the molecule is CCNc1nc(Nc2ccc(C)cc2Cl)cc(-c2ccccc2)n1. The molecule has 1 aromatic heterocycles. The van der Waals surface area contributed by atoms with Crippen molar-refractivity contribution in [2.24, 2.45) is 0 Å². The highest BCUT2D eigenvalue weighted by Crippen LogP contribution is 2.28. The second kappa shape index (κ2) is 7.32. The molecule has 5 heteroatoms. The number of nitrogens with zero attached hydrogens (tertiary/aromatic N) is 2. The van der Waals surface area contributed by atoms with Gasteiger partial charge in [0.25, 0.3) is 0 Å². The van der Waals surface area contributed by atoms with Crippen molar-refractivity contribution in [3.8, 4) is 11.3 Å². The minimum absolute atomic E-state index is 0.588. The predicted molar refractivity (Wildman–Crippen MR) is 101 cm³/mol. The molecular formula is C19H19ClN4. The lowest BCUT2D eigenvalue weighted by Gasteiger charge is -2.12. The average Bonchev–Trinajstić information content (AvgIpc) is 2.58. The fourth-order valence-corrected chi connectivity index (χ4v) is 2.65. The van der Waals surface area contributed by atoms with Crippen molar-refractivity contribution in [1.82, 2.24) is 9.97 Å². The summed E-state index contributed by atoms with van der Waals surface area (Å²) in [5.41, 5.74) is 3.83. The number of halogens is 1.